The number of rotatable bonds is 7. The Labute approximate surface area is 116 Å². The molecule has 1 aromatic rings. The molecule has 0 saturated heterocycles. The Morgan fingerprint density at radius 1 is 1.55 bits per heavy atom. The second kappa shape index (κ2) is 7.41. The summed E-state index contributed by atoms with van der Waals surface area (Å²) in [7, 11) is 0. The van der Waals surface area contributed by atoms with Crippen molar-refractivity contribution in [3.05, 3.63) is 33.9 Å². The molecule has 1 aromatic carbocycles. The van der Waals surface area contributed by atoms with Crippen molar-refractivity contribution >= 4 is 17.3 Å². The Morgan fingerprint density at radius 3 is 2.80 bits per heavy atom. The average Bonchev–Trinajstić information content (AvgIpc) is 2.44. The third-order valence-corrected chi connectivity index (χ3v) is 2.61. The maximum absolute atomic E-state index is 11.9. The first kappa shape index (κ1) is 15.9. The number of amides is 1. The number of hydrazine groups is 1. The molecule has 20 heavy (non-hydrogen) atoms. The lowest BCUT2D eigenvalue weighted by Gasteiger charge is -2.12. The van der Waals surface area contributed by atoms with Crippen LogP contribution in [0, 0.1) is 10.1 Å². The number of nitro benzene ring substituents is 1. The van der Waals surface area contributed by atoms with E-state index in [9.17, 15) is 14.9 Å². The van der Waals surface area contributed by atoms with Crippen molar-refractivity contribution < 1.29 is 14.5 Å². The van der Waals surface area contributed by atoms with E-state index in [2.05, 4.69) is 10.7 Å². The molecule has 0 bridgehead atoms. The highest BCUT2D eigenvalue weighted by atomic mass is 16.6. The van der Waals surface area contributed by atoms with Crippen molar-refractivity contribution in [1.29, 1.82) is 0 Å². The van der Waals surface area contributed by atoms with Crippen LogP contribution in [0.1, 0.15) is 24.2 Å². The Bertz CT molecular complexity index is 492. The summed E-state index contributed by atoms with van der Waals surface area (Å²) in [4.78, 5) is 22.1. The summed E-state index contributed by atoms with van der Waals surface area (Å²) in [6.07, 6.45) is -0.121. The van der Waals surface area contributed by atoms with Gasteiger partial charge in [-0.15, -0.1) is 0 Å². The van der Waals surface area contributed by atoms with E-state index in [-0.39, 0.29) is 23.0 Å². The highest BCUT2D eigenvalue weighted by molar-refractivity contribution is 5.95. The number of anilines is 1. The lowest BCUT2D eigenvalue weighted by Crippen LogP contribution is -2.32. The fraction of sp³-hybridized carbons (Fsp3) is 0.417. The standard InChI is InChI=1S/C12H18N4O4/c1-3-20-8(2)7-14-12(17)9-4-5-10(15-13)11(6-9)16(18)19/h4-6,8,15H,3,7,13H2,1-2H3,(H,14,17). The van der Waals surface area contributed by atoms with Gasteiger partial charge in [0.05, 0.1) is 11.0 Å². The predicted molar refractivity (Wildman–Crippen MR) is 74.3 cm³/mol. The van der Waals surface area contributed by atoms with Crippen LogP contribution >= 0.6 is 0 Å². The molecule has 1 atom stereocenters. The molecule has 0 spiro atoms. The number of nitrogens with one attached hydrogen (secondary N) is 2. The minimum Gasteiger partial charge on any atom is -0.377 e. The molecular formula is C12H18N4O4. The third-order valence-electron chi connectivity index (χ3n) is 2.61. The van der Waals surface area contributed by atoms with Crippen LogP contribution in [0.5, 0.6) is 0 Å². The summed E-state index contributed by atoms with van der Waals surface area (Å²) in [6, 6.07) is 4.03. The minimum absolute atomic E-state index is 0.121. The van der Waals surface area contributed by atoms with E-state index < -0.39 is 10.8 Å². The van der Waals surface area contributed by atoms with Gasteiger partial charge in [0.2, 0.25) is 0 Å². The van der Waals surface area contributed by atoms with Gasteiger partial charge in [-0.3, -0.25) is 20.8 Å². The average molecular weight is 282 g/mol. The number of ether oxygens (including phenoxy) is 1. The first-order valence-corrected chi connectivity index (χ1v) is 6.14. The molecular weight excluding hydrogens is 264 g/mol. The molecule has 1 amide bonds. The number of benzene rings is 1. The third kappa shape index (κ3) is 4.18. The molecule has 0 aliphatic carbocycles. The van der Waals surface area contributed by atoms with Crippen LogP contribution in [0.3, 0.4) is 0 Å². The topological polar surface area (TPSA) is 120 Å². The van der Waals surface area contributed by atoms with Gasteiger partial charge in [-0.05, 0) is 26.0 Å². The number of carbonyl (C=O) groups excluding carboxylic acids is 1. The van der Waals surface area contributed by atoms with Crippen molar-refractivity contribution in [1.82, 2.24) is 5.32 Å². The molecule has 0 aliphatic heterocycles. The summed E-state index contributed by atoms with van der Waals surface area (Å²) in [5.74, 6) is 4.78. The largest absolute Gasteiger partial charge is 0.377 e. The van der Waals surface area contributed by atoms with E-state index in [1.54, 1.807) is 0 Å². The van der Waals surface area contributed by atoms with Gasteiger partial charge in [-0.1, -0.05) is 0 Å². The molecule has 1 unspecified atom stereocenters. The molecule has 8 nitrogen and oxygen atoms in total. The molecule has 1 rings (SSSR count). The van der Waals surface area contributed by atoms with E-state index >= 15 is 0 Å². The van der Waals surface area contributed by atoms with Gasteiger partial charge in [0, 0.05) is 24.8 Å². The Morgan fingerprint density at radius 2 is 2.25 bits per heavy atom. The summed E-state index contributed by atoms with van der Waals surface area (Å²) in [6.45, 7) is 4.57. The van der Waals surface area contributed by atoms with Gasteiger partial charge in [0.15, 0.2) is 0 Å². The zero-order chi connectivity index (χ0) is 15.1. The van der Waals surface area contributed by atoms with Crippen molar-refractivity contribution in [3.63, 3.8) is 0 Å². The molecule has 110 valence electrons. The van der Waals surface area contributed by atoms with Crippen LogP contribution in [-0.2, 0) is 4.74 Å². The first-order chi connectivity index (χ1) is 9.49. The SMILES string of the molecule is CCOC(C)CNC(=O)c1ccc(NN)c([N+](=O)[O-])c1. The molecule has 0 radical (unpaired) electrons. The maximum Gasteiger partial charge on any atom is 0.294 e. The fourth-order valence-corrected chi connectivity index (χ4v) is 1.63. The predicted octanol–water partition coefficient (Wildman–Crippen LogP) is 1.04. The van der Waals surface area contributed by atoms with Crippen molar-refractivity contribution in [2.75, 3.05) is 18.6 Å². The van der Waals surface area contributed by atoms with E-state index in [0.29, 0.717) is 13.2 Å². The minimum atomic E-state index is -0.602. The second-order valence-electron chi connectivity index (χ2n) is 4.11. The molecule has 0 fully saturated rings. The number of nitrogens with zero attached hydrogens (tertiary/aromatic N) is 1. The van der Waals surface area contributed by atoms with Crippen molar-refractivity contribution in [2.45, 2.75) is 20.0 Å². The highest BCUT2D eigenvalue weighted by Crippen LogP contribution is 2.24. The monoisotopic (exact) mass is 282 g/mol. The van der Waals surface area contributed by atoms with Crippen molar-refractivity contribution in [3.8, 4) is 0 Å². The quantitative estimate of drug-likeness (QED) is 0.390. The van der Waals surface area contributed by atoms with Gasteiger partial charge in [-0.2, -0.15) is 0 Å². The van der Waals surface area contributed by atoms with Crippen LogP contribution in [0.25, 0.3) is 0 Å². The van der Waals surface area contributed by atoms with Crippen LogP contribution in [0.15, 0.2) is 18.2 Å². The van der Waals surface area contributed by atoms with E-state index in [0.717, 1.165) is 0 Å². The second-order valence-corrected chi connectivity index (χ2v) is 4.11. The molecule has 4 N–H and O–H groups in total. The molecule has 0 aromatic heterocycles. The number of nitrogens with two attached hydrogens (primary N) is 1. The number of hydrogen-bond donors (Lipinski definition) is 3. The fourth-order valence-electron chi connectivity index (χ4n) is 1.63. The van der Waals surface area contributed by atoms with Crippen LogP contribution < -0.4 is 16.6 Å². The van der Waals surface area contributed by atoms with E-state index in [1.807, 2.05) is 13.8 Å². The first-order valence-electron chi connectivity index (χ1n) is 6.14. The zero-order valence-corrected chi connectivity index (χ0v) is 11.4. The van der Waals surface area contributed by atoms with Gasteiger partial charge < -0.3 is 15.5 Å². The Hall–Kier alpha value is -2.19. The Kier molecular flexibility index (Phi) is 5.88. The molecule has 8 heteroatoms. The number of nitro groups is 1. The lowest BCUT2D eigenvalue weighted by molar-refractivity contribution is -0.384. The summed E-state index contributed by atoms with van der Waals surface area (Å²) in [5.41, 5.74) is 2.31. The van der Waals surface area contributed by atoms with Gasteiger partial charge >= 0.3 is 0 Å². The Balaban J connectivity index is 2.78. The molecule has 0 aliphatic rings. The van der Waals surface area contributed by atoms with Crippen LogP contribution in [0.2, 0.25) is 0 Å². The number of hydrogen-bond acceptors (Lipinski definition) is 6. The van der Waals surface area contributed by atoms with Gasteiger partial charge in [0.1, 0.15) is 5.69 Å². The van der Waals surface area contributed by atoms with Crippen LogP contribution in [-0.4, -0.2) is 30.1 Å². The van der Waals surface area contributed by atoms with Crippen LogP contribution in [0.4, 0.5) is 11.4 Å². The molecule has 0 heterocycles. The number of carbonyl (C=O) groups is 1. The number of nitrogen functional groups attached to an aromatic ring is 1. The zero-order valence-electron chi connectivity index (χ0n) is 11.4. The smallest absolute Gasteiger partial charge is 0.294 e. The summed E-state index contributed by atoms with van der Waals surface area (Å²) < 4.78 is 5.28. The van der Waals surface area contributed by atoms with E-state index in [1.165, 1.54) is 18.2 Å². The molecule has 0 saturated carbocycles. The highest BCUT2D eigenvalue weighted by Gasteiger charge is 2.17. The van der Waals surface area contributed by atoms with Gasteiger partial charge in [0.25, 0.3) is 11.6 Å². The van der Waals surface area contributed by atoms with Crippen molar-refractivity contribution in [2.24, 2.45) is 5.84 Å². The summed E-state index contributed by atoms with van der Waals surface area (Å²) in [5, 5.41) is 13.5. The summed E-state index contributed by atoms with van der Waals surface area (Å²) >= 11 is 0. The van der Waals surface area contributed by atoms with Gasteiger partial charge in [-0.25, -0.2) is 0 Å². The lowest BCUT2D eigenvalue weighted by atomic mass is 10.1. The van der Waals surface area contributed by atoms with E-state index in [4.69, 9.17) is 10.6 Å². The normalized spacial score (nSPS) is 11.8. The maximum atomic E-state index is 11.9.